The molecule has 2 heterocycles. The third-order valence-electron chi connectivity index (χ3n) is 4.32. The van der Waals surface area contributed by atoms with Crippen LogP contribution in [-0.4, -0.2) is 29.7 Å². The molecule has 4 rings (SSSR count). The minimum atomic E-state index is 0.412. The van der Waals surface area contributed by atoms with Crippen molar-refractivity contribution in [1.82, 2.24) is 9.38 Å². The number of hydrogen-bond acceptors (Lipinski definition) is 5. The summed E-state index contributed by atoms with van der Waals surface area (Å²) in [5.41, 5.74) is 9.13. The Hall–Kier alpha value is -3.67. The summed E-state index contributed by atoms with van der Waals surface area (Å²) in [6.45, 7) is 0.842. The highest BCUT2D eigenvalue weighted by molar-refractivity contribution is 5.67. The maximum absolute atomic E-state index is 5.90. The van der Waals surface area contributed by atoms with Crippen LogP contribution in [0.4, 0.5) is 5.69 Å². The molecule has 0 radical (unpaired) electrons. The molecule has 0 aliphatic rings. The number of aromatic nitrogens is 2. The first-order valence-corrected chi connectivity index (χ1v) is 8.96. The molecule has 142 valence electrons. The van der Waals surface area contributed by atoms with E-state index in [1.807, 2.05) is 77.5 Å². The van der Waals surface area contributed by atoms with Gasteiger partial charge in [-0.3, -0.25) is 0 Å². The largest absolute Gasteiger partial charge is 0.497 e. The predicted octanol–water partition coefficient (Wildman–Crippen LogP) is 4.05. The molecule has 2 N–H and O–H groups in total. The fourth-order valence-electron chi connectivity index (χ4n) is 2.88. The number of pyridine rings is 1. The van der Waals surface area contributed by atoms with Gasteiger partial charge in [0, 0.05) is 23.6 Å². The number of imidazole rings is 1. The quantitative estimate of drug-likeness (QED) is 0.390. The second kappa shape index (κ2) is 7.92. The summed E-state index contributed by atoms with van der Waals surface area (Å²) < 4.78 is 18.7. The van der Waals surface area contributed by atoms with E-state index < -0.39 is 0 Å². The summed E-state index contributed by atoms with van der Waals surface area (Å²) in [5.74, 6) is 2.28. The van der Waals surface area contributed by atoms with Crippen LogP contribution in [0.5, 0.6) is 17.2 Å². The molecule has 6 nitrogen and oxygen atoms in total. The number of rotatable bonds is 7. The van der Waals surface area contributed by atoms with Crippen LogP contribution < -0.4 is 19.9 Å². The van der Waals surface area contributed by atoms with Gasteiger partial charge in [0.1, 0.15) is 24.7 Å². The topological polar surface area (TPSA) is 71.0 Å². The van der Waals surface area contributed by atoms with Crippen LogP contribution in [0.15, 0.2) is 73.1 Å². The van der Waals surface area contributed by atoms with E-state index in [1.54, 1.807) is 7.11 Å². The van der Waals surface area contributed by atoms with Gasteiger partial charge in [0.2, 0.25) is 0 Å². The minimum Gasteiger partial charge on any atom is -0.497 e. The van der Waals surface area contributed by atoms with E-state index in [0.717, 1.165) is 34.1 Å². The van der Waals surface area contributed by atoms with E-state index in [4.69, 9.17) is 24.9 Å². The third-order valence-corrected chi connectivity index (χ3v) is 4.32. The SMILES string of the molecule is COc1ccc(OCCOc2cccn3cc(-c4ccc(N)cc4)nc23)cc1. The molecular weight excluding hydrogens is 354 g/mol. The number of hydrogen-bond donors (Lipinski definition) is 1. The monoisotopic (exact) mass is 375 g/mol. The third kappa shape index (κ3) is 3.86. The molecule has 0 spiro atoms. The smallest absolute Gasteiger partial charge is 0.180 e. The maximum Gasteiger partial charge on any atom is 0.180 e. The van der Waals surface area contributed by atoms with Crippen LogP contribution in [0.3, 0.4) is 0 Å². The molecule has 2 aromatic heterocycles. The number of nitrogens with two attached hydrogens (primary N) is 1. The van der Waals surface area contributed by atoms with Crippen LogP contribution in [0.25, 0.3) is 16.9 Å². The number of nitrogens with zero attached hydrogens (tertiary/aromatic N) is 2. The maximum atomic E-state index is 5.90. The molecule has 4 aromatic rings. The van der Waals surface area contributed by atoms with Crippen LogP contribution in [-0.2, 0) is 0 Å². The van der Waals surface area contributed by atoms with Crippen molar-refractivity contribution in [3.8, 4) is 28.5 Å². The van der Waals surface area contributed by atoms with E-state index in [1.165, 1.54) is 0 Å². The second-order valence-electron chi connectivity index (χ2n) is 6.22. The zero-order valence-electron chi connectivity index (χ0n) is 15.5. The fourth-order valence-corrected chi connectivity index (χ4v) is 2.88. The Labute approximate surface area is 163 Å². The summed E-state index contributed by atoms with van der Waals surface area (Å²) in [5, 5.41) is 0. The van der Waals surface area contributed by atoms with E-state index in [2.05, 4.69) is 0 Å². The van der Waals surface area contributed by atoms with Crippen molar-refractivity contribution >= 4 is 11.3 Å². The van der Waals surface area contributed by atoms with Gasteiger partial charge in [0.15, 0.2) is 11.4 Å². The predicted molar refractivity (Wildman–Crippen MR) is 109 cm³/mol. The van der Waals surface area contributed by atoms with Crippen molar-refractivity contribution in [3.63, 3.8) is 0 Å². The normalized spacial score (nSPS) is 10.8. The van der Waals surface area contributed by atoms with E-state index >= 15 is 0 Å². The van der Waals surface area contributed by atoms with Crippen molar-refractivity contribution < 1.29 is 14.2 Å². The first kappa shape index (κ1) is 17.7. The van der Waals surface area contributed by atoms with E-state index in [9.17, 15) is 0 Å². The average molecular weight is 375 g/mol. The lowest BCUT2D eigenvalue weighted by atomic mass is 10.1. The molecule has 0 aliphatic carbocycles. The summed E-state index contributed by atoms with van der Waals surface area (Å²) in [4.78, 5) is 4.71. The van der Waals surface area contributed by atoms with Crippen LogP contribution in [0, 0.1) is 0 Å². The Kier molecular flexibility index (Phi) is 5.01. The van der Waals surface area contributed by atoms with E-state index in [0.29, 0.717) is 19.0 Å². The highest BCUT2D eigenvalue weighted by Gasteiger charge is 2.09. The molecule has 0 amide bonds. The number of methoxy groups -OCH3 is 1. The lowest BCUT2D eigenvalue weighted by Crippen LogP contribution is -2.09. The average Bonchev–Trinajstić information content (AvgIpc) is 3.17. The fraction of sp³-hybridized carbons (Fsp3) is 0.136. The molecule has 2 aromatic carbocycles. The molecule has 28 heavy (non-hydrogen) atoms. The molecule has 0 atom stereocenters. The summed E-state index contributed by atoms with van der Waals surface area (Å²) in [7, 11) is 1.64. The lowest BCUT2D eigenvalue weighted by molar-refractivity contribution is 0.218. The molecule has 0 aliphatic heterocycles. The molecule has 0 saturated heterocycles. The Morgan fingerprint density at radius 2 is 1.61 bits per heavy atom. The molecule has 6 heteroatoms. The van der Waals surface area contributed by atoms with Crippen LogP contribution >= 0.6 is 0 Å². The zero-order valence-corrected chi connectivity index (χ0v) is 15.5. The van der Waals surface area contributed by atoms with E-state index in [-0.39, 0.29) is 0 Å². The number of fused-ring (bicyclic) bond motifs is 1. The Balaban J connectivity index is 1.42. The van der Waals surface area contributed by atoms with Gasteiger partial charge < -0.3 is 24.3 Å². The molecule has 0 fully saturated rings. The molecular formula is C22H21N3O3. The first-order valence-electron chi connectivity index (χ1n) is 8.96. The zero-order chi connectivity index (χ0) is 19.3. The summed E-state index contributed by atoms with van der Waals surface area (Å²) in [6, 6.07) is 18.9. The van der Waals surface area contributed by atoms with Gasteiger partial charge in [-0.2, -0.15) is 0 Å². The highest BCUT2D eigenvalue weighted by atomic mass is 16.5. The lowest BCUT2D eigenvalue weighted by Gasteiger charge is -2.09. The standard InChI is InChI=1S/C22H21N3O3/c1-26-18-8-10-19(11-9-18)27-13-14-28-21-3-2-12-25-15-20(24-22(21)25)16-4-6-17(23)7-5-16/h2-12,15H,13-14,23H2,1H3. The highest BCUT2D eigenvalue weighted by Crippen LogP contribution is 2.25. The van der Waals surface area contributed by atoms with Gasteiger partial charge >= 0.3 is 0 Å². The number of benzene rings is 2. The molecule has 0 unspecified atom stereocenters. The molecule has 0 bridgehead atoms. The second-order valence-corrected chi connectivity index (χ2v) is 6.22. The minimum absolute atomic E-state index is 0.412. The van der Waals surface area contributed by atoms with Crippen molar-refractivity contribution in [1.29, 1.82) is 0 Å². The van der Waals surface area contributed by atoms with Crippen molar-refractivity contribution in [2.24, 2.45) is 0 Å². The summed E-state index contributed by atoms with van der Waals surface area (Å²) >= 11 is 0. The Morgan fingerprint density at radius 3 is 2.36 bits per heavy atom. The van der Waals surface area contributed by atoms with Gasteiger partial charge in [-0.25, -0.2) is 4.98 Å². The van der Waals surface area contributed by atoms with Gasteiger partial charge in [-0.05, 0) is 48.5 Å². The molecule has 0 saturated carbocycles. The number of ether oxygens (including phenoxy) is 3. The van der Waals surface area contributed by atoms with Crippen LogP contribution in [0.1, 0.15) is 0 Å². The Morgan fingerprint density at radius 1 is 0.893 bits per heavy atom. The number of nitrogen functional groups attached to an aromatic ring is 1. The van der Waals surface area contributed by atoms with Gasteiger partial charge in [-0.15, -0.1) is 0 Å². The number of anilines is 1. The van der Waals surface area contributed by atoms with Crippen LogP contribution in [0.2, 0.25) is 0 Å². The first-order chi connectivity index (χ1) is 13.7. The van der Waals surface area contributed by atoms with Crippen molar-refractivity contribution in [3.05, 3.63) is 73.1 Å². The van der Waals surface area contributed by atoms with Gasteiger partial charge in [0.25, 0.3) is 0 Å². The van der Waals surface area contributed by atoms with Gasteiger partial charge in [-0.1, -0.05) is 12.1 Å². The summed E-state index contributed by atoms with van der Waals surface area (Å²) in [6.07, 6.45) is 3.92. The Bertz CT molecular complexity index is 1060. The van der Waals surface area contributed by atoms with Crippen molar-refractivity contribution in [2.75, 3.05) is 26.1 Å². The van der Waals surface area contributed by atoms with Crippen molar-refractivity contribution in [2.45, 2.75) is 0 Å². The van der Waals surface area contributed by atoms with Gasteiger partial charge in [0.05, 0.1) is 12.8 Å².